The molecule has 6 heteroatoms. The first kappa shape index (κ1) is 12.2. The number of carbonyl (C=O) groups excluding carboxylic acids is 1. The molecule has 0 saturated carbocycles. The number of esters is 1. The zero-order valence-corrected chi connectivity index (χ0v) is 9.54. The van der Waals surface area contributed by atoms with E-state index in [1.807, 2.05) is 13.8 Å². The average molecular weight is 225 g/mol. The van der Waals surface area contributed by atoms with Crippen molar-refractivity contribution >= 4 is 11.7 Å². The maximum Gasteiger partial charge on any atom is 0.364 e. The van der Waals surface area contributed by atoms with Crippen LogP contribution in [0.25, 0.3) is 0 Å². The van der Waals surface area contributed by atoms with Gasteiger partial charge in [0.05, 0.1) is 6.61 Å². The van der Waals surface area contributed by atoms with E-state index in [0.29, 0.717) is 5.82 Å². The molecule has 1 rings (SSSR count). The van der Waals surface area contributed by atoms with Gasteiger partial charge in [-0.25, -0.2) is 9.78 Å². The monoisotopic (exact) mass is 225 g/mol. The van der Waals surface area contributed by atoms with E-state index in [9.17, 15) is 4.79 Å². The zero-order valence-electron chi connectivity index (χ0n) is 9.54. The molecule has 0 aliphatic heterocycles. The van der Waals surface area contributed by atoms with Crippen molar-refractivity contribution in [2.75, 3.05) is 6.61 Å². The van der Waals surface area contributed by atoms with Gasteiger partial charge in [0.1, 0.15) is 0 Å². The lowest BCUT2D eigenvalue weighted by Crippen LogP contribution is -2.23. The molecule has 0 bridgehead atoms. The molecule has 0 spiro atoms. The number of rotatable bonds is 4. The highest BCUT2D eigenvalue weighted by Gasteiger charge is 2.22. The van der Waals surface area contributed by atoms with E-state index in [2.05, 4.69) is 10.1 Å². The fraction of sp³-hybridized carbons (Fsp3) is 0.500. The van der Waals surface area contributed by atoms with Gasteiger partial charge < -0.3 is 14.5 Å². The first-order valence-corrected chi connectivity index (χ1v) is 5.04. The smallest absolute Gasteiger partial charge is 0.364 e. The largest absolute Gasteiger partial charge is 0.461 e. The van der Waals surface area contributed by atoms with E-state index >= 15 is 0 Å². The Balaban J connectivity index is 3.05. The molecule has 1 aromatic heterocycles. The van der Waals surface area contributed by atoms with Crippen LogP contribution in [0.5, 0.6) is 0 Å². The first-order valence-electron chi connectivity index (χ1n) is 5.04. The molecule has 0 saturated heterocycles. The summed E-state index contributed by atoms with van der Waals surface area (Å²) in [5.41, 5.74) is -0.180. The first-order chi connectivity index (χ1) is 7.61. The predicted molar refractivity (Wildman–Crippen MR) is 57.6 cm³/mol. The van der Waals surface area contributed by atoms with Crippen LogP contribution in [-0.4, -0.2) is 33.0 Å². The maximum absolute atomic E-state index is 11.5. The normalized spacial score (nSPS) is 11.9. The zero-order chi connectivity index (χ0) is 12.1. The van der Waals surface area contributed by atoms with E-state index in [0.717, 1.165) is 0 Å². The van der Waals surface area contributed by atoms with E-state index in [1.54, 1.807) is 23.9 Å². The standard InChI is InChI=1S/C10H15N3O3/c1-4-16-10(14)8(12-15)9-11-5-6-13(9)7(2)3/h5-7,15H,4H2,1-3H3/b12-8-. The fourth-order valence-corrected chi connectivity index (χ4v) is 1.29. The minimum absolute atomic E-state index is 0.115. The Bertz CT molecular complexity index is 396. The van der Waals surface area contributed by atoms with E-state index in [-0.39, 0.29) is 18.4 Å². The molecule has 0 amide bonds. The Morgan fingerprint density at radius 3 is 2.88 bits per heavy atom. The average Bonchev–Trinajstić information content (AvgIpc) is 2.68. The molecule has 0 aliphatic rings. The molecule has 0 fully saturated rings. The van der Waals surface area contributed by atoms with Gasteiger partial charge in [0.25, 0.3) is 0 Å². The Morgan fingerprint density at radius 1 is 1.69 bits per heavy atom. The van der Waals surface area contributed by atoms with Crippen molar-refractivity contribution in [2.45, 2.75) is 26.8 Å². The number of carbonyl (C=O) groups is 1. The van der Waals surface area contributed by atoms with Crippen molar-refractivity contribution in [1.82, 2.24) is 9.55 Å². The van der Waals surface area contributed by atoms with Crippen molar-refractivity contribution in [3.8, 4) is 0 Å². The number of aromatic nitrogens is 2. The van der Waals surface area contributed by atoms with Crippen molar-refractivity contribution in [2.24, 2.45) is 5.16 Å². The molecule has 6 nitrogen and oxygen atoms in total. The Morgan fingerprint density at radius 2 is 2.38 bits per heavy atom. The Labute approximate surface area is 93.5 Å². The van der Waals surface area contributed by atoms with Crippen LogP contribution in [0.15, 0.2) is 17.5 Å². The second-order valence-corrected chi connectivity index (χ2v) is 3.42. The van der Waals surface area contributed by atoms with Gasteiger partial charge in [0, 0.05) is 18.4 Å². The molecule has 1 aromatic rings. The quantitative estimate of drug-likeness (QED) is 0.361. The minimum Gasteiger partial charge on any atom is -0.461 e. The highest BCUT2D eigenvalue weighted by molar-refractivity contribution is 6.42. The second kappa shape index (κ2) is 5.29. The number of ether oxygens (including phenoxy) is 1. The predicted octanol–water partition coefficient (Wildman–Crippen LogP) is 1.21. The van der Waals surface area contributed by atoms with Gasteiger partial charge in [-0.2, -0.15) is 0 Å². The van der Waals surface area contributed by atoms with Crippen LogP contribution in [0, 0.1) is 0 Å². The van der Waals surface area contributed by atoms with Crippen LogP contribution in [-0.2, 0) is 9.53 Å². The molecule has 0 aliphatic carbocycles. The topological polar surface area (TPSA) is 76.7 Å². The summed E-state index contributed by atoms with van der Waals surface area (Å²) >= 11 is 0. The molecule has 0 atom stereocenters. The summed E-state index contributed by atoms with van der Waals surface area (Å²) in [7, 11) is 0. The number of hydrogen-bond acceptors (Lipinski definition) is 5. The number of oxime groups is 1. The van der Waals surface area contributed by atoms with Crippen LogP contribution >= 0.6 is 0 Å². The van der Waals surface area contributed by atoms with Gasteiger partial charge in [-0.1, -0.05) is 5.16 Å². The Hall–Kier alpha value is -1.85. The lowest BCUT2D eigenvalue weighted by atomic mass is 10.3. The number of hydrogen-bond donors (Lipinski definition) is 1. The molecular formula is C10H15N3O3. The van der Waals surface area contributed by atoms with E-state index in [4.69, 9.17) is 9.94 Å². The van der Waals surface area contributed by atoms with Crippen LogP contribution in [0.4, 0.5) is 0 Å². The van der Waals surface area contributed by atoms with Gasteiger partial charge in [-0.3, -0.25) is 0 Å². The molecule has 1 N–H and O–H groups in total. The molecule has 0 aromatic carbocycles. The summed E-state index contributed by atoms with van der Waals surface area (Å²) in [5, 5.41) is 11.8. The van der Waals surface area contributed by atoms with Gasteiger partial charge in [0.2, 0.25) is 5.71 Å². The van der Waals surface area contributed by atoms with Crippen LogP contribution in [0.2, 0.25) is 0 Å². The van der Waals surface area contributed by atoms with Crippen molar-refractivity contribution in [3.05, 3.63) is 18.2 Å². The highest BCUT2D eigenvalue weighted by Crippen LogP contribution is 2.09. The molecule has 0 radical (unpaired) electrons. The SMILES string of the molecule is CCOC(=O)/C(=N\O)c1nccn1C(C)C. The number of nitrogens with zero attached hydrogens (tertiary/aromatic N) is 3. The van der Waals surface area contributed by atoms with Crippen molar-refractivity contribution in [3.63, 3.8) is 0 Å². The van der Waals surface area contributed by atoms with Crippen LogP contribution in [0.1, 0.15) is 32.6 Å². The van der Waals surface area contributed by atoms with Crippen LogP contribution < -0.4 is 0 Å². The third kappa shape index (κ3) is 2.39. The van der Waals surface area contributed by atoms with Crippen molar-refractivity contribution in [1.29, 1.82) is 0 Å². The third-order valence-electron chi connectivity index (χ3n) is 2.01. The maximum atomic E-state index is 11.5. The fourth-order valence-electron chi connectivity index (χ4n) is 1.29. The summed E-state index contributed by atoms with van der Waals surface area (Å²) < 4.78 is 6.50. The van der Waals surface area contributed by atoms with Gasteiger partial charge in [0.15, 0.2) is 5.82 Å². The lowest BCUT2D eigenvalue weighted by Gasteiger charge is -2.11. The molecule has 1 heterocycles. The number of imidazole rings is 1. The van der Waals surface area contributed by atoms with Gasteiger partial charge in [-0.15, -0.1) is 0 Å². The third-order valence-corrected chi connectivity index (χ3v) is 2.01. The lowest BCUT2D eigenvalue weighted by molar-refractivity contribution is -0.135. The second-order valence-electron chi connectivity index (χ2n) is 3.42. The molecular weight excluding hydrogens is 210 g/mol. The van der Waals surface area contributed by atoms with E-state index < -0.39 is 5.97 Å². The summed E-state index contributed by atoms with van der Waals surface area (Å²) in [4.78, 5) is 15.5. The highest BCUT2D eigenvalue weighted by atomic mass is 16.5. The summed E-state index contributed by atoms with van der Waals surface area (Å²) in [6.07, 6.45) is 3.25. The summed E-state index contributed by atoms with van der Waals surface area (Å²) in [5.74, 6) is -0.381. The molecule has 16 heavy (non-hydrogen) atoms. The van der Waals surface area contributed by atoms with Gasteiger partial charge in [-0.05, 0) is 20.8 Å². The molecule has 0 unspecified atom stereocenters. The van der Waals surface area contributed by atoms with E-state index in [1.165, 1.54) is 0 Å². The minimum atomic E-state index is -0.682. The van der Waals surface area contributed by atoms with Crippen molar-refractivity contribution < 1.29 is 14.7 Å². The molecule has 88 valence electrons. The van der Waals surface area contributed by atoms with Crippen LogP contribution in [0.3, 0.4) is 0 Å². The summed E-state index contributed by atoms with van der Waals surface area (Å²) in [6, 6.07) is 0.115. The summed E-state index contributed by atoms with van der Waals surface area (Å²) in [6.45, 7) is 5.78. The van der Waals surface area contributed by atoms with Gasteiger partial charge >= 0.3 is 5.97 Å². The Kier molecular flexibility index (Phi) is 4.04.